The van der Waals surface area contributed by atoms with Crippen molar-refractivity contribution < 1.29 is 29.6 Å². The van der Waals surface area contributed by atoms with Crippen LogP contribution in [0.25, 0.3) is 11.2 Å². The molecule has 0 bridgehead atoms. The van der Waals surface area contributed by atoms with Crippen LogP contribution in [-0.4, -0.2) is 65.9 Å². The number of carboxylic acid groups (broad SMARTS) is 1. The number of carbonyl (C=O) groups is 2. The number of aliphatic hydroxyl groups excluding tert-OH is 2. The van der Waals surface area contributed by atoms with E-state index in [0.717, 1.165) is 0 Å². The number of rotatable bonds is 7. The van der Waals surface area contributed by atoms with E-state index in [9.17, 15) is 19.8 Å². The van der Waals surface area contributed by atoms with E-state index in [-0.39, 0.29) is 24.4 Å². The summed E-state index contributed by atoms with van der Waals surface area (Å²) in [6.45, 7) is -0.297. The smallest absolute Gasteiger partial charge is 0.307 e. The van der Waals surface area contributed by atoms with Gasteiger partial charge in [-0.3, -0.25) is 14.2 Å². The van der Waals surface area contributed by atoms with E-state index in [0.29, 0.717) is 17.5 Å². The molecule has 1 fully saturated rings. The molecule has 1 aliphatic heterocycles. The van der Waals surface area contributed by atoms with E-state index in [1.807, 2.05) is 0 Å². The Morgan fingerprint density at radius 3 is 2.88 bits per heavy atom. The second kappa shape index (κ2) is 7.56. The largest absolute Gasteiger partial charge is 0.481 e. The number of nitrogens with one attached hydrogen (secondary N) is 1. The first-order valence-corrected chi connectivity index (χ1v) is 7.78. The first kappa shape index (κ1) is 17.9. The molecular weight excluding hydrogens is 346 g/mol. The lowest BCUT2D eigenvalue weighted by molar-refractivity contribution is -0.136. The zero-order chi connectivity index (χ0) is 18.7. The Morgan fingerprint density at radius 2 is 2.23 bits per heavy atom. The molecule has 2 aromatic heterocycles. The molecule has 0 amide bonds. The Balaban J connectivity index is 1.86. The molecule has 11 nitrogen and oxygen atoms in total. The van der Waals surface area contributed by atoms with Crippen molar-refractivity contribution in [1.82, 2.24) is 19.5 Å². The lowest BCUT2D eigenvalue weighted by atomic mass is 10.2. The molecule has 2 aromatic rings. The molecule has 3 atom stereocenters. The molecular formula is C15H17N5O6. The summed E-state index contributed by atoms with van der Waals surface area (Å²) >= 11 is 0. The SMILES string of the molecule is O=C/C(=C\Nc1ncnc2c1ncn2[C@H]1C[C@H](O)[C@@H](CO)O1)CC(=O)O. The Hall–Kier alpha value is -2.89. The summed E-state index contributed by atoms with van der Waals surface area (Å²) in [5, 5.41) is 30.6. The molecule has 1 aliphatic rings. The molecule has 138 valence electrons. The van der Waals surface area contributed by atoms with Crippen molar-refractivity contribution in [3.8, 4) is 0 Å². The van der Waals surface area contributed by atoms with Crippen molar-refractivity contribution in [1.29, 1.82) is 0 Å². The van der Waals surface area contributed by atoms with Crippen LogP contribution in [0.5, 0.6) is 0 Å². The van der Waals surface area contributed by atoms with Crippen LogP contribution in [0.4, 0.5) is 5.82 Å². The third-order valence-electron chi connectivity index (χ3n) is 3.95. The normalized spacial score (nSPS) is 23.3. The van der Waals surface area contributed by atoms with Gasteiger partial charge >= 0.3 is 5.97 Å². The van der Waals surface area contributed by atoms with Crippen LogP contribution >= 0.6 is 0 Å². The number of imidazole rings is 1. The van der Waals surface area contributed by atoms with E-state index in [1.54, 1.807) is 4.57 Å². The van der Waals surface area contributed by atoms with Gasteiger partial charge < -0.3 is 25.4 Å². The fourth-order valence-electron chi connectivity index (χ4n) is 2.68. The van der Waals surface area contributed by atoms with Crippen molar-refractivity contribution in [3.63, 3.8) is 0 Å². The van der Waals surface area contributed by atoms with E-state index in [4.69, 9.17) is 9.84 Å². The van der Waals surface area contributed by atoms with Crippen molar-refractivity contribution in [2.24, 2.45) is 0 Å². The van der Waals surface area contributed by atoms with Gasteiger partial charge in [0.25, 0.3) is 0 Å². The molecule has 0 aromatic carbocycles. The number of aliphatic carboxylic acids is 1. The number of aromatic nitrogens is 4. The van der Waals surface area contributed by atoms with E-state index >= 15 is 0 Å². The quantitative estimate of drug-likeness (QED) is 0.371. The van der Waals surface area contributed by atoms with Crippen LogP contribution in [0, 0.1) is 0 Å². The van der Waals surface area contributed by atoms with Gasteiger partial charge in [0.15, 0.2) is 17.0 Å². The number of ether oxygens (including phenoxy) is 1. The fraction of sp³-hybridized carbons (Fsp3) is 0.400. The Morgan fingerprint density at radius 1 is 1.42 bits per heavy atom. The standard InChI is InChI=1S/C15H17N5O6/c21-4-8(1-12(24)25)3-16-14-13-15(18-6-17-14)20(7-19-13)11-2-9(23)10(5-22)26-11/h3-4,6-7,9-11,22-23H,1-2,5H2,(H,24,25)(H,16,17,18)/b8-3-/t9-,10+,11+/m0/s1. The lowest BCUT2D eigenvalue weighted by Crippen LogP contribution is -2.24. The summed E-state index contributed by atoms with van der Waals surface area (Å²) in [5.74, 6) is -0.839. The second-order valence-electron chi connectivity index (χ2n) is 5.71. The van der Waals surface area contributed by atoms with Crippen molar-refractivity contribution >= 4 is 29.2 Å². The average Bonchev–Trinajstić information content (AvgIpc) is 3.21. The highest BCUT2D eigenvalue weighted by atomic mass is 16.5. The predicted molar refractivity (Wildman–Crippen MR) is 87.0 cm³/mol. The van der Waals surface area contributed by atoms with Gasteiger partial charge in [-0.25, -0.2) is 15.0 Å². The third-order valence-corrected chi connectivity index (χ3v) is 3.95. The lowest BCUT2D eigenvalue weighted by Gasteiger charge is -2.13. The summed E-state index contributed by atoms with van der Waals surface area (Å²) in [5.41, 5.74) is 0.851. The highest BCUT2D eigenvalue weighted by Crippen LogP contribution is 2.31. The van der Waals surface area contributed by atoms with Crippen LogP contribution in [0.1, 0.15) is 19.1 Å². The minimum Gasteiger partial charge on any atom is -0.481 e. The van der Waals surface area contributed by atoms with E-state index < -0.39 is 30.8 Å². The zero-order valence-corrected chi connectivity index (χ0v) is 13.5. The van der Waals surface area contributed by atoms with Crippen molar-refractivity contribution in [3.05, 3.63) is 24.4 Å². The Kier molecular flexibility index (Phi) is 5.21. The molecule has 1 saturated heterocycles. The summed E-state index contributed by atoms with van der Waals surface area (Å²) in [6.07, 6.45) is 2.30. The third kappa shape index (κ3) is 3.54. The fourth-order valence-corrected chi connectivity index (χ4v) is 2.68. The molecule has 3 heterocycles. The first-order chi connectivity index (χ1) is 12.5. The first-order valence-electron chi connectivity index (χ1n) is 7.78. The van der Waals surface area contributed by atoms with Gasteiger partial charge in [0.2, 0.25) is 0 Å². The van der Waals surface area contributed by atoms with Crippen LogP contribution in [0.15, 0.2) is 24.4 Å². The van der Waals surface area contributed by atoms with Gasteiger partial charge in [-0.2, -0.15) is 0 Å². The number of fused-ring (bicyclic) bond motifs is 1. The van der Waals surface area contributed by atoms with Crippen LogP contribution in [-0.2, 0) is 14.3 Å². The van der Waals surface area contributed by atoms with Gasteiger partial charge in [0.05, 0.1) is 25.5 Å². The summed E-state index contributed by atoms with van der Waals surface area (Å²) in [4.78, 5) is 34.0. The number of anilines is 1. The summed E-state index contributed by atoms with van der Waals surface area (Å²) < 4.78 is 7.21. The van der Waals surface area contributed by atoms with Crippen molar-refractivity contribution in [2.75, 3.05) is 11.9 Å². The monoisotopic (exact) mass is 363 g/mol. The number of nitrogens with zero attached hydrogens (tertiary/aromatic N) is 4. The Labute approximate surface area is 147 Å². The van der Waals surface area contributed by atoms with Crippen LogP contribution in [0.3, 0.4) is 0 Å². The topological polar surface area (TPSA) is 160 Å². The minimum absolute atomic E-state index is 0.0386. The van der Waals surface area contributed by atoms with Gasteiger partial charge in [-0.15, -0.1) is 0 Å². The average molecular weight is 363 g/mol. The molecule has 0 unspecified atom stereocenters. The van der Waals surface area contributed by atoms with Gasteiger partial charge in [0.1, 0.15) is 24.9 Å². The zero-order valence-electron chi connectivity index (χ0n) is 13.5. The highest BCUT2D eigenvalue weighted by Gasteiger charge is 2.35. The maximum atomic E-state index is 10.9. The molecule has 0 saturated carbocycles. The maximum absolute atomic E-state index is 10.9. The Bertz CT molecular complexity index is 850. The van der Waals surface area contributed by atoms with Gasteiger partial charge in [0, 0.05) is 18.2 Å². The number of hydrogen-bond acceptors (Lipinski definition) is 9. The summed E-state index contributed by atoms with van der Waals surface area (Å²) in [7, 11) is 0. The molecule has 0 aliphatic carbocycles. The molecule has 0 radical (unpaired) electrons. The van der Waals surface area contributed by atoms with Crippen LogP contribution in [0.2, 0.25) is 0 Å². The minimum atomic E-state index is -1.13. The molecule has 0 spiro atoms. The van der Waals surface area contributed by atoms with Gasteiger partial charge in [-0.1, -0.05) is 0 Å². The molecule has 11 heteroatoms. The van der Waals surface area contributed by atoms with Gasteiger partial charge in [-0.05, 0) is 0 Å². The number of carbonyl (C=O) groups excluding carboxylic acids is 1. The molecule has 3 rings (SSSR count). The molecule has 26 heavy (non-hydrogen) atoms. The second-order valence-corrected chi connectivity index (χ2v) is 5.71. The van der Waals surface area contributed by atoms with E-state index in [2.05, 4.69) is 20.3 Å². The van der Waals surface area contributed by atoms with Crippen molar-refractivity contribution in [2.45, 2.75) is 31.3 Å². The van der Waals surface area contributed by atoms with E-state index in [1.165, 1.54) is 18.9 Å². The molecule has 4 N–H and O–H groups in total. The van der Waals surface area contributed by atoms with Crippen LogP contribution < -0.4 is 5.32 Å². The summed E-state index contributed by atoms with van der Waals surface area (Å²) in [6, 6.07) is 0. The highest BCUT2D eigenvalue weighted by molar-refractivity contribution is 5.86. The number of aliphatic hydroxyl groups is 2. The number of hydrogen-bond donors (Lipinski definition) is 4. The predicted octanol–water partition coefficient (Wildman–Crippen LogP) is -0.564. The maximum Gasteiger partial charge on any atom is 0.307 e. The number of aldehydes is 1. The number of carboxylic acids is 1.